The summed E-state index contributed by atoms with van der Waals surface area (Å²) in [5, 5.41) is 0. The standard InChI is InChI=1S/C16H18FNO4S/c1-11(12-4-6-13(17)7-5-12)18-23(19,20)16-10-14(21-2)8-9-15(16)22-3/h4-11,18H,1-3H3. The third-order valence-electron chi connectivity index (χ3n) is 3.36. The van der Waals surface area contributed by atoms with E-state index in [-0.39, 0.29) is 16.5 Å². The molecule has 1 N–H and O–H groups in total. The van der Waals surface area contributed by atoms with Gasteiger partial charge in [0.2, 0.25) is 10.0 Å². The van der Waals surface area contributed by atoms with Gasteiger partial charge in [0, 0.05) is 12.1 Å². The molecule has 2 rings (SSSR count). The summed E-state index contributed by atoms with van der Waals surface area (Å²) in [4.78, 5) is -0.0201. The first-order valence-corrected chi connectivity index (χ1v) is 8.35. The van der Waals surface area contributed by atoms with Gasteiger partial charge in [-0.3, -0.25) is 0 Å². The van der Waals surface area contributed by atoms with Gasteiger partial charge in [-0.05, 0) is 36.8 Å². The summed E-state index contributed by atoms with van der Waals surface area (Å²) in [6, 6.07) is 9.63. The molecule has 0 spiro atoms. The zero-order valence-electron chi connectivity index (χ0n) is 13.0. The fourth-order valence-electron chi connectivity index (χ4n) is 2.11. The van der Waals surface area contributed by atoms with Gasteiger partial charge in [-0.1, -0.05) is 12.1 Å². The second kappa shape index (κ2) is 6.97. The normalized spacial score (nSPS) is 12.7. The van der Waals surface area contributed by atoms with E-state index in [0.717, 1.165) is 0 Å². The van der Waals surface area contributed by atoms with Gasteiger partial charge in [-0.25, -0.2) is 17.5 Å². The highest BCUT2D eigenvalue weighted by atomic mass is 32.2. The lowest BCUT2D eigenvalue weighted by Crippen LogP contribution is -2.27. The molecule has 0 aliphatic heterocycles. The van der Waals surface area contributed by atoms with Crippen molar-refractivity contribution in [1.82, 2.24) is 4.72 Å². The van der Waals surface area contributed by atoms with Crippen molar-refractivity contribution in [2.75, 3.05) is 14.2 Å². The Labute approximate surface area is 135 Å². The Morgan fingerprint density at radius 1 is 1.04 bits per heavy atom. The highest BCUT2D eigenvalue weighted by molar-refractivity contribution is 7.89. The molecule has 0 aromatic heterocycles. The Morgan fingerprint density at radius 3 is 2.26 bits per heavy atom. The molecular weight excluding hydrogens is 321 g/mol. The van der Waals surface area contributed by atoms with Gasteiger partial charge < -0.3 is 9.47 Å². The maximum atomic E-state index is 13.0. The van der Waals surface area contributed by atoms with E-state index >= 15 is 0 Å². The topological polar surface area (TPSA) is 64.6 Å². The average molecular weight is 339 g/mol. The summed E-state index contributed by atoms with van der Waals surface area (Å²) >= 11 is 0. The molecule has 124 valence electrons. The lowest BCUT2D eigenvalue weighted by Gasteiger charge is -2.17. The van der Waals surface area contributed by atoms with Crippen LogP contribution in [0.4, 0.5) is 4.39 Å². The van der Waals surface area contributed by atoms with Crippen LogP contribution in [-0.4, -0.2) is 22.6 Å². The minimum absolute atomic E-state index is 0.0201. The molecule has 0 bridgehead atoms. The van der Waals surface area contributed by atoms with Crippen LogP contribution < -0.4 is 14.2 Å². The van der Waals surface area contributed by atoms with Gasteiger partial charge >= 0.3 is 0 Å². The largest absolute Gasteiger partial charge is 0.497 e. The van der Waals surface area contributed by atoms with Gasteiger partial charge in [0.25, 0.3) is 0 Å². The summed E-state index contributed by atoms with van der Waals surface area (Å²) < 4.78 is 50.9. The van der Waals surface area contributed by atoms with E-state index in [1.54, 1.807) is 13.0 Å². The van der Waals surface area contributed by atoms with Gasteiger partial charge in [0.15, 0.2) is 0 Å². The number of halogens is 1. The third kappa shape index (κ3) is 4.00. The predicted molar refractivity (Wildman–Crippen MR) is 84.7 cm³/mol. The summed E-state index contributed by atoms with van der Waals surface area (Å²) in [6.45, 7) is 1.68. The van der Waals surface area contributed by atoms with Crippen LogP contribution >= 0.6 is 0 Å². The van der Waals surface area contributed by atoms with E-state index in [2.05, 4.69) is 4.72 Å². The van der Waals surface area contributed by atoms with Crippen LogP contribution in [-0.2, 0) is 10.0 Å². The minimum atomic E-state index is -3.84. The molecule has 0 aliphatic carbocycles. The zero-order valence-corrected chi connectivity index (χ0v) is 13.9. The van der Waals surface area contributed by atoms with Crippen molar-refractivity contribution in [1.29, 1.82) is 0 Å². The molecule has 2 aromatic rings. The molecule has 0 radical (unpaired) electrons. The van der Waals surface area contributed by atoms with E-state index in [9.17, 15) is 12.8 Å². The fourth-order valence-corrected chi connectivity index (χ4v) is 3.53. The van der Waals surface area contributed by atoms with Crippen molar-refractivity contribution in [3.8, 4) is 11.5 Å². The summed E-state index contributed by atoms with van der Waals surface area (Å²) in [5.41, 5.74) is 0.650. The second-order valence-corrected chi connectivity index (χ2v) is 6.59. The van der Waals surface area contributed by atoms with E-state index in [1.165, 1.54) is 50.6 Å². The summed E-state index contributed by atoms with van der Waals surface area (Å²) in [6.07, 6.45) is 0. The van der Waals surface area contributed by atoms with Crippen LogP contribution in [0.15, 0.2) is 47.4 Å². The second-order valence-electron chi connectivity index (χ2n) is 4.91. The molecule has 0 aliphatic rings. The van der Waals surface area contributed by atoms with Crippen LogP contribution in [0.5, 0.6) is 11.5 Å². The highest BCUT2D eigenvalue weighted by Gasteiger charge is 2.23. The molecule has 0 saturated carbocycles. The quantitative estimate of drug-likeness (QED) is 0.879. The Bertz CT molecular complexity index is 775. The SMILES string of the molecule is COc1ccc(OC)c(S(=O)(=O)NC(C)c2ccc(F)cc2)c1. The van der Waals surface area contributed by atoms with Gasteiger partial charge in [0.1, 0.15) is 22.2 Å². The smallest absolute Gasteiger partial charge is 0.244 e. The molecule has 0 fully saturated rings. The van der Waals surface area contributed by atoms with Crippen LogP contribution in [0.1, 0.15) is 18.5 Å². The van der Waals surface area contributed by atoms with Crippen molar-refractivity contribution in [2.24, 2.45) is 0 Å². The maximum Gasteiger partial charge on any atom is 0.244 e. The molecule has 2 aromatic carbocycles. The minimum Gasteiger partial charge on any atom is -0.497 e. The van der Waals surface area contributed by atoms with Crippen LogP contribution in [0.3, 0.4) is 0 Å². The summed E-state index contributed by atoms with van der Waals surface area (Å²) in [5.74, 6) is 0.239. The number of hydrogen-bond donors (Lipinski definition) is 1. The number of hydrogen-bond acceptors (Lipinski definition) is 4. The Kier molecular flexibility index (Phi) is 5.23. The molecule has 0 saturated heterocycles. The van der Waals surface area contributed by atoms with Crippen LogP contribution in [0, 0.1) is 5.82 Å². The average Bonchev–Trinajstić information content (AvgIpc) is 2.54. The molecule has 0 heterocycles. The van der Waals surface area contributed by atoms with E-state index in [1.807, 2.05) is 0 Å². The van der Waals surface area contributed by atoms with E-state index in [4.69, 9.17) is 9.47 Å². The van der Waals surface area contributed by atoms with Crippen molar-refractivity contribution in [3.05, 3.63) is 53.8 Å². The number of methoxy groups -OCH3 is 2. The van der Waals surface area contributed by atoms with Crippen molar-refractivity contribution in [2.45, 2.75) is 17.9 Å². The lowest BCUT2D eigenvalue weighted by atomic mass is 10.1. The Morgan fingerprint density at radius 2 is 1.70 bits per heavy atom. The molecule has 1 atom stereocenters. The van der Waals surface area contributed by atoms with Crippen molar-refractivity contribution in [3.63, 3.8) is 0 Å². The molecule has 5 nitrogen and oxygen atoms in total. The maximum absolute atomic E-state index is 13.0. The van der Waals surface area contributed by atoms with Crippen molar-refractivity contribution < 1.29 is 22.3 Å². The van der Waals surface area contributed by atoms with Gasteiger partial charge in [0.05, 0.1) is 14.2 Å². The number of nitrogens with one attached hydrogen (secondary N) is 1. The van der Waals surface area contributed by atoms with Crippen LogP contribution in [0.2, 0.25) is 0 Å². The molecule has 1 unspecified atom stereocenters. The lowest BCUT2D eigenvalue weighted by molar-refractivity contribution is 0.391. The number of ether oxygens (including phenoxy) is 2. The zero-order chi connectivity index (χ0) is 17.0. The molecule has 23 heavy (non-hydrogen) atoms. The first-order valence-electron chi connectivity index (χ1n) is 6.87. The van der Waals surface area contributed by atoms with Crippen molar-refractivity contribution >= 4 is 10.0 Å². The monoisotopic (exact) mass is 339 g/mol. The Balaban J connectivity index is 2.33. The highest BCUT2D eigenvalue weighted by Crippen LogP contribution is 2.29. The number of benzene rings is 2. The first kappa shape index (κ1) is 17.2. The third-order valence-corrected chi connectivity index (χ3v) is 4.92. The predicted octanol–water partition coefficient (Wildman–Crippen LogP) is 2.88. The van der Waals surface area contributed by atoms with Gasteiger partial charge in [-0.2, -0.15) is 0 Å². The van der Waals surface area contributed by atoms with Crippen LogP contribution in [0.25, 0.3) is 0 Å². The van der Waals surface area contributed by atoms with E-state index in [0.29, 0.717) is 11.3 Å². The Hall–Kier alpha value is -2.12. The fraction of sp³-hybridized carbons (Fsp3) is 0.250. The molecular formula is C16H18FNO4S. The van der Waals surface area contributed by atoms with E-state index < -0.39 is 16.1 Å². The molecule has 0 amide bonds. The number of sulfonamides is 1. The summed E-state index contributed by atoms with van der Waals surface area (Å²) in [7, 11) is -0.998. The molecule has 7 heteroatoms. The number of rotatable bonds is 6. The van der Waals surface area contributed by atoms with Gasteiger partial charge in [-0.15, -0.1) is 0 Å². The first-order chi connectivity index (χ1) is 10.9.